The van der Waals surface area contributed by atoms with Crippen LogP contribution in [0, 0.1) is 0 Å². The van der Waals surface area contributed by atoms with E-state index in [0.29, 0.717) is 26.1 Å². The van der Waals surface area contributed by atoms with Crippen LogP contribution < -0.4 is 20.1 Å². The van der Waals surface area contributed by atoms with Gasteiger partial charge in [-0.3, -0.25) is 39.6 Å². The first kappa shape index (κ1) is 35.8. The molecule has 0 saturated carbocycles. The number of ether oxygens (including phenoxy) is 2. The van der Waals surface area contributed by atoms with Crippen molar-refractivity contribution in [2.45, 2.75) is 36.5 Å². The van der Waals surface area contributed by atoms with Crippen LogP contribution in [0.2, 0.25) is 5.02 Å². The average molecular weight is 739 g/mol. The number of urea groups is 1. The van der Waals surface area contributed by atoms with Gasteiger partial charge in [0.15, 0.2) is 27.8 Å². The quantitative estimate of drug-likeness (QED) is 0.145. The zero-order valence-corrected chi connectivity index (χ0v) is 28.9. The Morgan fingerprint density at radius 3 is 2.40 bits per heavy atom. The molecule has 14 nitrogen and oxygen atoms in total. The number of aliphatic carboxylic acids is 1. The Morgan fingerprint density at radius 1 is 1.00 bits per heavy atom. The van der Waals surface area contributed by atoms with Crippen LogP contribution in [0.1, 0.15) is 30.7 Å². The fraction of sp³-hybridized carbons (Fsp3) is 0.182. The summed E-state index contributed by atoms with van der Waals surface area (Å²) in [6.45, 7) is 3.28. The summed E-state index contributed by atoms with van der Waals surface area (Å²) >= 11 is 13.0. The fourth-order valence-corrected chi connectivity index (χ4v) is 5.99. The summed E-state index contributed by atoms with van der Waals surface area (Å²) in [5.41, 5.74) is 0.481. The molecule has 1 atom stereocenters. The molecule has 2 aromatic carbocycles. The van der Waals surface area contributed by atoms with Crippen molar-refractivity contribution in [3.8, 4) is 11.5 Å². The second-order valence-electron chi connectivity index (χ2n) is 10.6. The van der Waals surface area contributed by atoms with Gasteiger partial charge in [0.25, 0.3) is 23.6 Å². The summed E-state index contributed by atoms with van der Waals surface area (Å²) in [5, 5.41) is 13.9. The molecule has 1 aromatic heterocycles. The number of amides is 6. The zero-order valence-electron chi connectivity index (χ0n) is 26.5. The molecular weight excluding hydrogens is 712 g/mol. The number of carbonyl (C=O) groups is 6. The molecule has 3 aromatic rings. The Labute approximate surface area is 299 Å². The number of hydrogen-bond donors (Lipinski definition) is 3. The largest absolute Gasteiger partial charge is 0.490 e. The third kappa shape index (κ3) is 7.88. The van der Waals surface area contributed by atoms with E-state index in [4.69, 9.17) is 37.7 Å². The summed E-state index contributed by atoms with van der Waals surface area (Å²) in [6.07, 6.45) is 1.44. The molecule has 1 unspecified atom stereocenters. The maximum absolute atomic E-state index is 13.9. The summed E-state index contributed by atoms with van der Waals surface area (Å²) in [6, 6.07) is 11.8. The third-order valence-corrected chi connectivity index (χ3v) is 8.92. The van der Waals surface area contributed by atoms with E-state index >= 15 is 0 Å². The highest BCUT2D eigenvalue weighted by atomic mass is 35.5. The van der Waals surface area contributed by atoms with Crippen LogP contribution in [-0.4, -0.2) is 75.4 Å². The summed E-state index contributed by atoms with van der Waals surface area (Å²) < 4.78 is 16.9. The fourth-order valence-electron chi connectivity index (χ4n) is 4.69. The van der Waals surface area contributed by atoms with Gasteiger partial charge in [0, 0.05) is 17.0 Å². The van der Waals surface area contributed by atoms with Gasteiger partial charge < -0.3 is 19.0 Å². The highest BCUT2D eigenvalue weighted by Gasteiger charge is 2.38. The van der Waals surface area contributed by atoms with Crippen molar-refractivity contribution in [1.82, 2.24) is 20.4 Å². The Morgan fingerprint density at radius 2 is 1.72 bits per heavy atom. The van der Waals surface area contributed by atoms with Crippen molar-refractivity contribution >= 4 is 88.5 Å². The van der Waals surface area contributed by atoms with Crippen molar-refractivity contribution in [2.24, 2.45) is 0 Å². The molecule has 3 N–H and O–H groups in total. The van der Waals surface area contributed by atoms with E-state index in [1.165, 1.54) is 65.9 Å². The van der Waals surface area contributed by atoms with E-state index < -0.39 is 41.7 Å². The standard InChI is InChI=1S/C33H27ClN4O10S2/c1-4-46-24-12-17(5-8-23(24)47-16(2)31(43)44)11-22-29(41)37(3)33(49)38(30(22)42)15-18-13-19(34)6-9-25(18)50-26-10-7-20(48-26)14-21-27(39)35-32(45)36-28(21)40/h5-14,16H,4,15H2,1-3H3,(H,43,44)(H2,35,36,39,40,45)/b22-11+. The van der Waals surface area contributed by atoms with Gasteiger partial charge in [-0.25, -0.2) is 9.59 Å². The van der Waals surface area contributed by atoms with Crippen LogP contribution in [0.15, 0.2) is 74.1 Å². The second-order valence-corrected chi connectivity index (χ2v) is 12.5. The predicted octanol–water partition coefficient (Wildman–Crippen LogP) is 4.25. The Hall–Kier alpha value is -5.45. The van der Waals surface area contributed by atoms with Crippen LogP contribution in [-0.2, 0) is 30.5 Å². The molecule has 2 aliphatic rings. The molecule has 0 spiro atoms. The number of hydrogen-bond acceptors (Lipinski definition) is 11. The molecule has 2 fully saturated rings. The van der Waals surface area contributed by atoms with Gasteiger partial charge in [0.05, 0.1) is 13.2 Å². The summed E-state index contributed by atoms with van der Waals surface area (Å²) in [4.78, 5) is 77.1. The number of likely N-dealkylation sites (N-methyl/N-ethyl adjacent to an activating group) is 1. The number of imide groups is 2. The van der Waals surface area contributed by atoms with Gasteiger partial charge in [-0.2, -0.15) is 0 Å². The van der Waals surface area contributed by atoms with E-state index in [9.17, 15) is 33.9 Å². The topological polar surface area (TPSA) is 185 Å². The predicted molar refractivity (Wildman–Crippen MR) is 183 cm³/mol. The molecule has 50 heavy (non-hydrogen) atoms. The smallest absolute Gasteiger partial charge is 0.344 e. The minimum Gasteiger partial charge on any atom is -0.490 e. The second kappa shape index (κ2) is 15.0. The number of rotatable bonds is 11. The molecule has 0 aliphatic carbocycles. The monoisotopic (exact) mass is 738 g/mol. The van der Waals surface area contributed by atoms with Crippen LogP contribution >= 0.6 is 35.6 Å². The van der Waals surface area contributed by atoms with Crippen LogP contribution in [0.25, 0.3) is 12.2 Å². The Kier molecular flexibility index (Phi) is 10.7. The van der Waals surface area contributed by atoms with Gasteiger partial charge in [0.1, 0.15) is 16.9 Å². The zero-order chi connectivity index (χ0) is 36.3. The van der Waals surface area contributed by atoms with Gasteiger partial charge in [-0.15, -0.1) is 0 Å². The third-order valence-electron chi connectivity index (χ3n) is 7.15. The lowest BCUT2D eigenvalue weighted by atomic mass is 10.1. The van der Waals surface area contributed by atoms with Crippen LogP contribution in [0.3, 0.4) is 0 Å². The minimum atomic E-state index is -1.16. The number of carbonyl (C=O) groups excluding carboxylic acids is 5. The summed E-state index contributed by atoms with van der Waals surface area (Å²) in [7, 11) is 1.45. The molecular formula is C33H27ClN4O10S2. The minimum absolute atomic E-state index is 0.0380. The number of furan rings is 1. The number of barbiturate groups is 1. The number of thiocarbonyl (C=S) groups is 1. The normalized spacial score (nSPS) is 16.4. The molecule has 5 rings (SSSR count). The van der Waals surface area contributed by atoms with Crippen molar-refractivity contribution in [3.63, 3.8) is 0 Å². The van der Waals surface area contributed by atoms with Crippen LogP contribution in [0.5, 0.6) is 11.5 Å². The first-order valence-corrected chi connectivity index (χ1v) is 16.3. The Bertz CT molecular complexity index is 2000. The molecule has 2 aliphatic heterocycles. The highest BCUT2D eigenvalue weighted by molar-refractivity contribution is 7.99. The van der Waals surface area contributed by atoms with Crippen molar-refractivity contribution < 1.29 is 47.8 Å². The molecule has 17 heteroatoms. The van der Waals surface area contributed by atoms with E-state index in [0.717, 1.165) is 0 Å². The maximum atomic E-state index is 13.9. The van der Waals surface area contributed by atoms with E-state index in [1.54, 1.807) is 37.3 Å². The lowest BCUT2D eigenvalue weighted by Gasteiger charge is -2.34. The number of nitrogens with one attached hydrogen (secondary N) is 2. The average Bonchev–Trinajstić information content (AvgIpc) is 3.51. The van der Waals surface area contributed by atoms with Gasteiger partial charge in [-0.05, 0) is 91.8 Å². The van der Waals surface area contributed by atoms with Gasteiger partial charge >= 0.3 is 12.0 Å². The molecule has 0 radical (unpaired) electrons. The molecule has 258 valence electrons. The summed E-state index contributed by atoms with van der Waals surface area (Å²) in [5.74, 6) is -3.61. The van der Waals surface area contributed by atoms with Crippen molar-refractivity contribution in [3.05, 3.63) is 81.6 Å². The maximum Gasteiger partial charge on any atom is 0.344 e. The molecule has 2 saturated heterocycles. The van der Waals surface area contributed by atoms with Crippen LogP contribution in [0.4, 0.5) is 4.79 Å². The Balaban J connectivity index is 1.41. The highest BCUT2D eigenvalue weighted by Crippen LogP contribution is 2.36. The lowest BCUT2D eigenvalue weighted by molar-refractivity contribution is -0.144. The number of carboxylic acid groups (broad SMARTS) is 1. The van der Waals surface area contributed by atoms with E-state index in [2.05, 4.69) is 0 Å². The van der Waals surface area contributed by atoms with Crippen molar-refractivity contribution in [2.75, 3.05) is 13.7 Å². The van der Waals surface area contributed by atoms with E-state index in [-0.39, 0.29) is 46.7 Å². The van der Waals surface area contributed by atoms with Crippen molar-refractivity contribution in [1.29, 1.82) is 0 Å². The lowest BCUT2D eigenvalue weighted by Crippen LogP contribution is -2.54. The number of nitrogens with zero attached hydrogens (tertiary/aromatic N) is 2. The number of halogens is 1. The number of benzene rings is 2. The number of carboxylic acids is 1. The molecule has 3 heterocycles. The first-order valence-electron chi connectivity index (χ1n) is 14.7. The van der Waals surface area contributed by atoms with Gasteiger partial charge in [0.2, 0.25) is 0 Å². The molecule has 6 amide bonds. The first-order chi connectivity index (χ1) is 23.7. The molecule has 0 bridgehead atoms. The van der Waals surface area contributed by atoms with Gasteiger partial charge in [-0.1, -0.05) is 29.4 Å². The SMILES string of the molecule is CCOc1cc(/C=C2\C(=O)N(C)C(=S)N(Cc3cc(Cl)ccc3Sc3ccc(C=C4C(=O)NC(=O)NC4=O)o3)C2=O)ccc1OC(C)C(=O)O. The van der Waals surface area contributed by atoms with E-state index in [1.807, 2.05) is 10.6 Å².